The molecule has 4 heteroatoms. The summed E-state index contributed by atoms with van der Waals surface area (Å²) in [6.45, 7) is 2.23. The molecule has 0 aliphatic carbocycles. The lowest BCUT2D eigenvalue weighted by atomic mass is 10.0. The van der Waals surface area contributed by atoms with Gasteiger partial charge in [-0.25, -0.2) is 0 Å². The number of hydrogen-bond acceptors (Lipinski definition) is 3. The molecule has 0 spiro atoms. The molecule has 1 aliphatic heterocycles. The summed E-state index contributed by atoms with van der Waals surface area (Å²) in [6.07, 6.45) is 4.32. The van der Waals surface area contributed by atoms with Gasteiger partial charge >= 0.3 is 0 Å². The van der Waals surface area contributed by atoms with Crippen LogP contribution in [0.3, 0.4) is 0 Å². The second-order valence-electron chi connectivity index (χ2n) is 4.09. The Morgan fingerprint density at radius 1 is 1.44 bits per heavy atom. The molecule has 1 saturated heterocycles. The van der Waals surface area contributed by atoms with E-state index >= 15 is 0 Å². The van der Waals surface area contributed by atoms with Gasteiger partial charge in [-0.2, -0.15) is 0 Å². The molecule has 0 saturated carbocycles. The lowest BCUT2D eigenvalue weighted by molar-refractivity contribution is 0.0609. The van der Waals surface area contributed by atoms with Crippen molar-refractivity contribution in [2.75, 3.05) is 13.2 Å². The fourth-order valence-electron chi connectivity index (χ4n) is 2.00. The smallest absolute Gasteiger partial charge is 0.261 e. The van der Waals surface area contributed by atoms with E-state index in [9.17, 15) is 9.59 Å². The Morgan fingerprint density at radius 2 is 2.19 bits per heavy atom. The van der Waals surface area contributed by atoms with E-state index in [-0.39, 0.29) is 11.1 Å². The molecule has 0 aromatic carbocycles. The van der Waals surface area contributed by atoms with Crippen LogP contribution in [0.1, 0.15) is 23.2 Å². The van der Waals surface area contributed by atoms with Crippen molar-refractivity contribution in [2.24, 2.45) is 5.92 Å². The van der Waals surface area contributed by atoms with Gasteiger partial charge in [-0.1, -0.05) is 0 Å². The molecule has 1 aromatic heterocycles. The van der Waals surface area contributed by atoms with Gasteiger partial charge in [-0.3, -0.25) is 9.59 Å². The van der Waals surface area contributed by atoms with E-state index < -0.39 is 0 Å². The molecule has 86 valence electrons. The highest BCUT2D eigenvalue weighted by molar-refractivity contribution is 5.73. The topological polar surface area (TPSA) is 48.3 Å². The Morgan fingerprint density at radius 3 is 2.88 bits per heavy atom. The summed E-state index contributed by atoms with van der Waals surface area (Å²) in [5.74, 6) is 0.480. The maximum Gasteiger partial charge on any atom is 0.261 e. The van der Waals surface area contributed by atoms with Crippen LogP contribution in [0.4, 0.5) is 0 Å². The summed E-state index contributed by atoms with van der Waals surface area (Å²) in [6, 6.07) is 3.29. The molecular weight excluding hydrogens is 206 g/mol. The van der Waals surface area contributed by atoms with Crippen LogP contribution in [-0.2, 0) is 11.3 Å². The largest absolute Gasteiger partial charge is 0.381 e. The predicted molar refractivity (Wildman–Crippen MR) is 59.6 cm³/mol. The van der Waals surface area contributed by atoms with Crippen LogP contribution >= 0.6 is 0 Å². The van der Waals surface area contributed by atoms with Gasteiger partial charge in [0.25, 0.3) is 5.56 Å². The molecule has 16 heavy (non-hydrogen) atoms. The van der Waals surface area contributed by atoms with Gasteiger partial charge in [-0.05, 0) is 30.9 Å². The van der Waals surface area contributed by atoms with Gasteiger partial charge in [0.2, 0.25) is 0 Å². The first kappa shape index (κ1) is 11.1. The number of carbonyl (C=O) groups excluding carboxylic acids is 1. The maximum absolute atomic E-state index is 11.8. The fraction of sp³-hybridized carbons (Fsp3) is 0.500. The molecule has 0 radical (unpaired) electrons. The third-order valence-electron chi connectivity index (χ3n) is 2.97. The fourth-order valence-corrected chi connectivity index (χ4v) is 2.00. The van der Waals surface area contributed by atoms with Crippen molar-refractivity contribution in [3.63, 3.8) is 0 Å². The van der Waals surface area contributed by atoms with Crippen molar-refractivity contribution in [3.05, 3.63) is 34.2 Å². The molecule has 0 amide bonds. The second-order valence-corrected chi connectivity index (χ2v) is 4.09. The Labute approximate surface area is 93.8 Å². The highest BCUT2D eigenvalue weighted by Crippen LogP contribution is 2.15. The van der Waals surface area contributed by atoms with Gasteiger partial charge in [-0.15, -0.1) is 0 Å². The third-order valence-corrected chi connectivity index (χ3v) is 2.97. The number of aldehydes is 1. The maximum atomic E-state index is 11.8. The average molecular weight is 221 g/mol. The molecule has 0 atom stereocenters. The highest BCUT2D eigenvalue weighted by Gasteiger charge is 2.15. The average Bonchev–Trinajstić information content (AvgIpc) is 2.33. The van der Waals surface area contributed by atoms with E-state index in [4.69, 9.17) is 4.74 Å². The summed E-state index contributed by atoms with van der Waals surface area (Å²) >= 11 is 0. The van der Waals surface area contributed by atoms with Crippen LogP contribution in [0, 0.1) is 5.92 Å². The van der Waals surface area contributed by atoms with Gasteiger partial charge in [0.1, 0.15) is 0 Å². The van der Waals surface area contributed by atoms with Crippen LogP contribution < -0.4 is 5.56 Å². The van der Waals surface area contributed by atoms with E-state index in [2.05, 4.69) is 0 Å². The van der Waals surface area contributed by atoms with Crippen molar-refractivity contribution in [1.29, 1.82) is 0 Å². The number of nitrogens with zero attached hydrogens (tertiary/aromatic N) is 1. The summed E-state index contributed by atoms with van der Waals surface area (Å²) < 4.78 is 6.89. The first-order valence-electron chi connectivity index (χ1n) is 5.53. The zero-order valence-corrected chi connectivity index (χ0v) is 9.09. The summed E-state index contributed by atoms with van der Waals surface area (Å²) in [5, 5.41) is 0. The molecule has 1 fully saturated rings. The van der Waals surface area contributed by atoms with E-state index in [1.54, 1.807) is 22.9 Å². The Hall–Kier alpha value is -1.42. The van der Waals surface area contributed by atoms with Gasteiger partial charge in [0.15, 0.2) is 6.29 Å². The number of aromatic nitrogens is 1. The zero-order chi connectivity index (χ0) is 11.4. The summed E-state index contributed by atoms with van der Waals surface area (Å²) in [4.78, 5) is 22.4. The molecular formula is C12H15NO3. The standard InChI is InChI=1S/C12H15NO3/c14-9-11-2-1-5-13(12(11)15)8-10-3-6-16-7-4-10/h1-2,5,9-10H,3-4,6-8H2. The first-order valence-corrected chi connectivity index (χ1v) is 5.53. The Balaban J connectivity index is 2.14. The van der Waals surface area contributed by atoms with Crippen molar-refractivity contribution in [3.8, 4) is 0 Å². The second kappa shape index (κ2) is 5.07. The summed E-state index contributed by atoms with van der Waals surface area (Å²) in [5.41, 5.74) is 0.0403. The minimum absolute atomic E-state index is 0.191. The lowest BCUT2D eigenvalue weighted by Gasteiger charge is -2.22. The molecule has 2 heterocycles. The minimum Gasteiger partial charge on any atom is -0.381 e. The van der Waals surface area contributed by atoms with E-state index in [0.29, 0.717) is 18.7 Å². The Bertz CT molecular complexity index is 419. The SMILES string of the molecule is O=Cc1cccn(CC2CCOCC2)c1=O. The van der Waals surface area contributed by atoms with E-state index in [1.165, 1.54) is 0 Å². The van der Waals surface area contributed by atoms with Crippen LogP contribution in [0.15, 0.2) is 23.1 Å². The molecule has 4 nitrogen and oxygen atoms in total. The number of carbonyl (C=O) groups is 1. The van der Waals surface area contributed by atoms with Crippen LogP contribution in [-0.4, -0.2) is 24.1 Å². The third kappa shape index (κ3) is 2.39. The molecule has 0 N–H and O–H groups in total. The van der Waals surface area contributed by atoms with Gasteiger partial charge < -0.3 is 9.30 Å². The lowest BCUT2D eigenvalue weighted by Crippen LogP contribution is -2.28. The van der Waals surface area contributed by atoms with Crippen molar-refractivity contribution < 1.29 is 9.53 Å². The summed E-state index contributed by atoms with van der Waals surface area (Å²) in [7, 11) is 0. The zero-order valence-electron chi connectivity index (χ0n) is 9.09. The van der Waals surface area contributed by atoms with Crippen molar-refractivity contribution in [2.45, 2.75) is 19.4 Å². The minimum atomic E-state index is -0.191. The van der Waals surface area contributed by atoms with E-state index in [1.807, 2.05) is 0 Å². The van der Waals surface area contributed by atoms with Crippen molar-refractivity contribution >= 4 is 6.29 Å². The molecule has 1 aliphatic rings. The molecule has 0 bridgehead atoms. The molecule has 1 aromatic rings. The first-order chi connectivity index (χ1) is 7.81. The van der Waals surface area contributed by atoms with Crippen LogP contribution in [0.25, 0.3) is 0 Å². The number of ether oxygens (including phenoxy) is 1. The van der Waals surface area contributed by atoms with Crippen LogP contribution in [0.5, 0.6) is 0 Å². The number of hydrogen-bond donors (Lipinski definition) is 0. The van der Waals surface area contributed by atoms with Gasteiger partial charge in [0.05, 0.1) is 5.56 Å². The van der Waals surface area contributed by atoms with Gasteiger partial charge in [0, 0.05) is 26.0 Å². The van der Waals surface area contributed by atoms with Crippen molar-refractivity contribution in [1.82, 2.24) is 4.57 Å². The quantitative estimate of drug-likeness (QED) is 0.718. The number of pyridine rings is 1. The molecule has 0 unspecified atom stereocenters. The van der Waals surface area contributed by atoms with E-state index in [0.717, 1.165) is 26.1 Å². The van der Waals surface area contributed by atoms with Crippen LogP contribution in [0.2, 0.25) is 0 Å². The predicted octanol–water partition coefficient (Wildman–Crippen LogP) is 1.09. The normalized spacial score (nSPS) is 17.2. The molecule has 2 rings (SSSR count). The Kier molecular flexibility index (Phi) is 3.51. The monoisotopic (exact) mass is 221 g/mol. The highest BCUT2D eigenvalue weighted by atomic mass is 16.5. The number of rotatable bonds is 3.